The molecule has 0 N–H and O–H groups in total. The fourth-order valence-corrected chi connectivity index (χ4v) is 1.77. The van der Waals surface area contributed by atoms with E-state index in [2.05, 4.69) is 27.8 Å². The van der Waals surface area contributed by atoms with Crippen LogP contribution < -0.4 is 0 Å². The van der Waals surface area contributed by atoms with E-state index >= 15 is 0 Å². The minimum Gasteiger partial charge on any atom is -0.377 e. The molecule has 2 nitrogen and oxygen atoms in total. The summed E-state index contributed by atoms with van der Waals surface area (Å²) < 4.78 is 6.57. The van der Waals surface area contributed by atoms with Gasteiger partial charge in [0.2, 0.25) is 0 Å². The number of hydrogen-bond acceptors (Lipinski definition) is 2. The molecule has 0 aliphatic carbocycles. The zero-order chi connectivity index (χ0) is 10.9. The molecule has 0 radical (unpaired) electrons. The van der Waals surface area contributed by atoms with E-state index in [0.29, 0.717) is 6.61 Å². The summed E-state index contributed by atoms with van der Waals surface area (Å²) >= 11 is 3.39. The van der Waals surface area contributed by atoms with Crippen LogP contribution in [0.15, 0.2) is 22.9 Å². The van der Waals surface area contributed by atoms with Crippen LogP contribution in [0.3, 0.4) is 0 Å². The van der Waals surface area contributed by atoms with E-state index in [1.165, 1.54) is 19.3 Å². The third kappa shape index (κ3) is 5.90. The van der Waals surface area contributed by atoms with E-state index < -0.39 is 0 Å². The largest absolute Gasteiger partial charge is 0.377 e. The van der Waals surface area contributed by atoms with Crippen LogP contribution in [0.2, 0.25) is 0 Å². The van der Waals surface area contributed by atoms with Gasteiger partial charge in [0.05, 0.1) is 6.61 Å². The van der Waals surface area contributed by atoms with Crippen LogP contribution in [0.1, 0.15) is 38.2 Å². The third-order valence-corrected chi connectivity index (χ3v) is 2.61. The molecule has 0 saturated carbocycles. The minimum atomic E-state index is 0.665. The number of pyridine rings is 1. The van der Waals surface area contributed by atoms with Gasteiger partial charge in [0.15, 0.2) is 0 Å². The summed E-state index contributed by atoms with van der Waals surface area (Å²) in [5.74, 6) is 0. The molecular weight excluding hydrogens is 254 g/mol. The molecule has 0 saturated heterocycles. The van der Waals surface area contributed by atoms with Gasteiger partial charge in [0.1, 0.15) is 0 Å². The molecule has 0 unspecified atom stereocenters. The monoisotopic (exact) mass is 271 g/mol. The summed E-state index contributed by atoms with van der Waals surface area (Å²) in [6, 6.07) is 2.04. The highest BCUT2D eigenvalue weighted by Crippen LogP contribution is 2.10. The molecule has 15 heavy (non-hydrogen) atoms. The van der Waals surface area contributed by atoms with E-state index in [0.717, 1.165) is 23.1 Å². The van der Waals surface area contributed by atoms with Gasteiger partial charge in [-0.1, -0.05) is 26.2 Å². The Morgan fingerprint density at radius 3 is 2.87 bits per heavy atom. The second kappa shape index (κ2) is 7.83. The van der Waals surface area contributed by atoms with Crippen LogP contribution in [0.4, 0.5) is 0 Å². The van der Waals surface area contributed by atoms with E-state index in [-0.39, 0.29) is 0 Å². The molecule has 0 aliphatic heterocycles. The van der Waals surface area contributed by atoms with E-state index in [1.54, 1.807) is 6.20 Å². The van der Waals surface area contributed by atoms with E-state index in [4.69, 9.17) is 4.74 Å². The van der Waals surface area contributed by atoms with Crippen LogP contribution >= 0.6 is 15.9 Å². The van der Waals surface area contributed by atoms with Crippen molar-refractivity contribution in [3.63, 3.8) is 0 Å². The molecule has 0 aromatic carbocycles. The van der Waals surface area contributed by atoms with Crippen molar-refractivity contribution < 1.29 is 4.74 Å². The van der Waals surface area contributed by atoms with E-state index in [9.17, 15) is 0 Å². The Morgan fingerprint density at radius 2 is 2.13 bits per heavy atom. The fourth-order valence-electron chi connectivity index (χ4n) is 1.36. The minimum absolute atomic E-state index is 0.665. The van der Waals surface area contributed by atoms with Crippen molar-refractivity contribution in [3.05, 3.63) is 28.5 Å². The normalized spacial score (nSPS) is 10.5. The van der Waals surface area contributed by atoms with Gasteiger partial charge in [-0.05, 0) is 34.0 Å². The highest BCUT2D eigenvalue weighted by molar-refractivity contribution is 9.10. The second-order valence-electron chi connectivity index (χ2n) is 3.62. The first-order valence-electron chi connectivity index (χ1n) is 5.50. The van der Waals surface area contributed by atoms with Gasteiger partial charge in [-0.3, -0.25) is 4.98 Å². The predicted octanol–water partition coefficient (Wildman–Crippen LogP) is 3.94. The molecule has 0 aliphatic rings. The molecule has 0 fully saturated rings. The molecule has 0 spiro atoms. The SMILES string of the molecule is CCCCCCOCc1cncc(Br)c1. The maximum absolute atomic E-state index is 5.56. The summed E-state index contributed by atoms with van der Waals surface area (Å²) in [7, 11) is 0. The number of rotatable bonds is 7. The van der Waals surface area contributed by atoms with Gasteiger partial charge in [-0.25, -0.2) is 0 Å². The summed E-state index contributed by atoms with van der Waals surface area (Å²) in [5.41, 5.74) is 1.12. The van der Waals surface area contributed by atoms with Crippen molar-refractivity contribution in [2.75, 3.05) is 6.61 Å². The smallest absolute Gasteiger partial charge is 0.0732 e. The molecule has 84 valence electrons. The van der Waals surface area contributed by atoms with Crippen LogP contribution in [0.5, 0.6) is 0 Å². The van der Waals surface area contributed by atoms with Crippen molar-refractivity contribution in [2.24, 2.45) is 0 Å². The summed E-state index contributed by atoms with van der Waals surface area (Å²) in [4.78, 5) is 4.09. The number of unbranched alkanes of at least 4 members (excludes halogenated alkanes) is 3. The van der Waals surface area contributed by atoms with Gasteiger partial charge < -0.3 is 4.74 Å². The average molecular weight is 272 g/mol. The van der Waals surface area contributed by atoms with Crippen LogP contribution in [-0.2, 0) is 11.3 Å². The molecule has 3 heteroatoms. The number of aromatic nitrogens is 1. The standard InChI is InChI=1S/C12H18BrNO/c1-2-3-4-5-6-15-10-11-7-12(13)9-14-8-11/h7-9H,2-6,10H2,1H3. The second-order valence-corrected chi connectivity index (χ2v) is 4.54. The topological polar surface area (TPSA) is 22.1 Å². The maximum atomic E-state index is 5.56. The lowest BCUT2D eigenvalue weighted by molar-refractivity contribution is 0.116. The number of ether oxygens (including phenoxy) is 1. The first kappa shape index (κ1) is 12.7. The Bertz CT molecular complexity index is 278. The summed E-state index contributed by atoms with van der Waals surface area (Å²) in [6.45, 7) is 3.74. The Balaban J connectivity index is 2.10. The van der Waals surface area contributed by atoms with Gasteiger partial charge in [0.25, 0.3) is 0 Å². The van der Waals surface area contributed by atoms with Crippen LogP contribution in [0, 0.1) is 0 Å². The van der Waals surface area contributed by atoms with Crippen LogP contribution in [0.25, 0.3) is 0 Å². The molecule has 0 amide bonds. The molecule has 0 bridgehead atoms. The molecule has 1 rings (SSSR count). The molecular formula is C12H18BrNO. The Hall–Kier alpha value is -0.410. The zero-order valence-corrected chi connectivity index (χ0v) is 10.8. The van der Waals surface area contributed by atoms with Gasteiger partial charge in [-0.2, -0.15) is 0 Å². The van der Waals surface area contributed by atoms with Crippen molar-refractivity contribution in [2.45, 2.75) is 39.2 Å². The molecule has 1 heterocycles. The Labute approximate surface area is 100 Å². The number of hydrogen-bond donors (Lipinski definition) is 0. The Morgan fingerprint density at radius 1 is 1.27 bits per heavy atom. The first-order valence-corrected chi connectivity index (χ1v) is 6.29. The number of nitrogens with zero attached hydrogens (tertiary/aromatic N) is 1. The molecule has 1 aromatic rings. The van der Waals surface area contributed by atoms with Gasteiger partial charge >= 0.3 is 0 Å². The summed E-state index contributed by atoms with van der Waals surface area (Å²) in [5, 5.41) is 0. The predicted molar refractivity (Wildman–Crippen MR) is 65.7 cm³/mol. The van der Waals surface area contributed by atoms with Crippen molar-refractivity contribution in [3.8, 4) is 0 Å². The lowest BCUT2D eigenvalue weighted by Gasteiger charge is -2.04. The van der Waals surface area contributed by atoms with Crippen molar-refractivity contribution >= 4 is 15.9 Å². The molecule has 0 atom stereocenters. The lowest BCUT2D eigenvalue weighted by Crippen LogP contribution is -1.96. The highest BCUT2D eigenvalue weighted by atomic mass is 79.9. The first-order chi connectivity index (χ1) is 7.33. The Kier molecular flexibility index (Phi) is 6.60. The average Bonchev–Trinajstić information content (AvgIpc) is 2.23. The van der Waals surface area contributed by atoms with Crippen LogP contribution in [-0.4, -0.2) is 11.6 Å². The lowest BCUT2D eigenvalue weighted by atomic mass is 10.2. The third-order valence-electron chi connectivity index (χ3n) is 2.17. The van der Waals surface area contributed by atoms with E-state index in [1.807, 2.05) is 12.3 Å². The van der Waals surface area contributed by atoms with Crippen molar-refractivity contribution in [1.82, 2.24) is 4.98 Å². The van der Waals surface area contributed by atoms with Crippen molar-refractivity contribution in [1.29, 1.82) is 0 Å². The summed E-state index contributed by atoms with van der Waals surface area (Å²) in [6.07, 6.45) is 8.64. The molecule has 1 aromatic heterocycles. The fraction of sp³-hybridized carbons (Fsp3) is 0.583. The highest BCUT2D eigenvalue weighted by Gasteiger charge is 1.95. The number of halogens is 1. The quantitative estimate of drug-likeness (QED) is 0.701. The maximum Gasteiger partial charge on any atom is 0.0732 e. The van der Waals surface area contributed by atoms with Gasteiger partial charge in [0, 0.05) is 23.5 Å². The van der Waals surface area contributed by atoms with Gasteiger partial charge in [-0.15, -0.1) is 0 Å². The zero-order valence-electron chi connectivity index (χ0n) is 9.21.